The Balaban J connectivity index is 2.94. The summed E-state index contributed by atoms with van der Waals surface area (Å²) >= 11 is 1.69. The molecule has 68 valence electrons. The van der Waals surface area contributed by atoms with E-state index < -0.39 is 0 Å². The molecular formula is C10H11NOS. The van der Waals surface area contributed by atoms with Crippen molar-refractivity contribution in [2.45, 2.75) is 13.8 Å². The quantitative estimate of drug-likeness (QED) is 0.638. The summed E-state index contributed by atoms with van der Waals surface area (Å²) in [6.07, 6.45) is 0.952. The van der Waals surface area contributed by atoms with Gasteiger partial charge in [-0.2, -0.15) is 0 Å². The summed E-state index contributed by atoms with van der Waals surface area (Å²) in [7, 11) is 2.00. The van der Waals surface area contributed by atoms with Crippen molar-refractivity contribution in [2.24, 2.45) is 7.05 Å². The molecule has 0 aromatic carbocycles. The van der Waals surface area contributed by atoms with E-state index in [4.69, 9.17) is 0 Å². The van der Waals surface area contributed by atoms with Crippen LogP contribution >= 0.6 is 11.3 Å². The largest absolute Gasteiger partial charge is 0.346 e. The van der Waals surface area contributed by atoms with Crippen LogP contribution in [0.5, 0.6) is 0 Å². The van der Waals surface area contributed by atoms with Crippen molar-refractivity contribution >= 4 is 27.8 Å². The van der Waals surface area contributed by atoms with Gasteiger partial charge in [0.25, 0.3) is 0 Å². The average Bonchev–Trinajstić information content (AvgIpc) is 2.54. The smallest absolute Gasteiger partial charge is 0.153 e. The van der Waals surface area contributed by atoms with Crippen LogP contribution in [0.1, 0.15) is 20.9 Å². The maximum absolute atomic E-state index is 10.9. The highest BCUT2D eigenvalue weighted by molar-refractivity contribution is 7.19. The highest BCUT2D eigenvalue weighted by atomic mass is 32.1. The minimum absolute atomic E-state index is 0.843. The molecule has 0 unspecified atom stereocenters. The van der Waals surface area contributed by atoms with Gasteiger partial charge in [-0.1, -0.05) is 0 Å². The lowest BCUT2D eigenvalue weighted by Crippen LogP contribution is -1.91. The van der Waals surface area contributed by atoms with E-state index in [0.29, 0.717) is 0 Å². The number of carbonyl (C=O) groups is 1. The Morgan fingerprint density at radius 2 is 2.15 bits per heavy atom. The number of rotatable bonds is 1. The van der Waals surface area contributed by atoms with E-state index in [1.807, 2.05) is 14.0 Å². The van der Waals surface area contributed by atoms with E-state index in [-0.39, 0.29) is 0 Å². The molecule has 2 nitrogen and oxygen atoms in total. The average molecular weight is 193 g/mol. The summed E-state index contributed by atoms with van der Waals surface area (Å²) in [5.41, 5.74) is 3.06. The Morgan fingerprint density at radius 3 is 2.77 bits per heavy atom. The molecule has 0 saturated carbocycles. The molecule has 0 N–H and O–H groups in total. The fraction of sp³-hybridized carbons (Fsp3) is 0.300. The Kier molecular flexibility index (Phi) is 1.77. The molecule has 0 radical (unpaired) electrons. The number of hydrogen-bond donors (Lipinski definition) is 0. The second-order valence-corrected chi connectivity index (χ2v) is 4.50. The SMILES string of the molecule is Cc1cc2c(s1)c(C=O)c(C)n2C. The van der Waals surface area contributed by atoms with Crippen molar-refractivity contribution in [1.82, 2.24) is 4.57 Å². The zero-order valence-corrected chi connectivity index (χ0v) is 8.73. The molecule has 0 amide bonds. The number of aryl methyl sites for hydroxylation is 2. The van der Waals surface area contributed by atoms with Crippen molar-refractivity contribution in [1.29, 1.82) is 0 Å². The van der Waals surface area contributed by atoms with E-state index >= 15 is 0 Å². The van der Waals surface area contributed by atoms with Gasteiger partial charge in [-0.25, -0.2) is 0 Å². The van der Waals surface area contributed by atoms with Crippen molar-refractivity contribution in [2.75, 3.05) is 0 Å². The van der Waals surface area contributed by atoms with Gasteiger partial charge >= 0.3 is 0 Å². The number of carbonyl (C=O) groups excluding carboxylic acids is 1. The maximum atomic E-state index is 10.9. The molecule has 0 bridgehead atoms. The normalized spacial score (nSPS) is 11.0. The number of thiophene rings is 1. The fourth-order valence-electron chi connectivity index (χ4n) is 1.61. The summed E-state index contributed by atoms with van der Waals surface area (Å²) in [5, 5.41) is 0. The molecule has 2 aromatic rings. The predicted octanol–water partition coefficient (Wildman–Crippen LogP) is 2.67. The molecular weight excluding hydrogens is 182 g/mol. The predicted molar refractivity (Wildman–Crippen MR) is 55.7 cm³/mol. The van der Waals surface area contributed by atoms with Crippen molar-refractivity contribution in [3.05, 3.63) is 22.2 Å². The van der Waals surface area contributed by atoms with Crippen LogP contribution in [0.15, 0.2) is 6.07 Å². The first-order valence-corrected chi connectivity index (χ1v) is 4.97. The van der Waals surface area contributed by atoms with Gasteiger partial charge in [0.05, 0.1) is 15.8 Å². The van der Waals surface area contributed by atoms with Crippen LogP contribution in [0.4, 0.5) is 0 Å². The van der Waals surface area contributed by atoms with E-state index in [1.165, 1.54) is 10.4 Å². The van der Waals surface area contributed by atoms with Crippen LogP contribution in [0, 0.1) is 13.8 Å². The molecule has 0 aliphatic heterocycles. The van der Waals surface area contributed by atoms with E-state index in [0.717, 1.165) is 22.2 Å². The van der Waals surface area contributed by atoms with Crippen LogP contribution in [0.25, 0.3) is 10.2 Å². The van der Waals surface area contributed by atoms with Gasteiger partial charge in [0.15, 0.2) is 6.29 Å². The van der Waals surface area contributed by atoms with Crippen molar-refractivity contribution in [3.63, 3.8) is 0 Å². The second kappa shape index (κ2) is 2.70. The van der Waals surface area contributed by atoms with Crippen molar-refractivity contribution in [3.8, 4) is 0 Å². The van der Waals surface area contributed by atoms with Crippen LogP contribution in [-0.4, -0.2) is 10.9 Å². The fourth-order valence-corrected chi connectivity index (χ4v) is 2.71. The summed E-state index contributed by atoms with van der Waals surface area (Å²) in [6, 6.07) is 2.12. The number of aldehydes is 1. The third-order valence-corrected chi connectivity index (χ3v) is 3.53. The lowest BCUT2D eigenvalue weighted by atomic mass is 10.3. The summed E-state index contributed by atoms with van der Waals surface area (Å²) in [6.45, 7) is 4.04. The summed E-state index contributed by atoms with van der Waals surface area (Å²) < 4.78 is 3.19. The summed E-state index contributed by atoms with van der Waals surface area (Å²) in [5.74, 6) is 0. The highest BCUT2D eigenvalue weighted by Gasteiger charge is 2.12. The number of nitrogens with zero attached hydrogens (tertiary/aromatic N) is 1. The Morgan fingerprint density at radius 1 is 1.46 bits per heavy atom. The van der Waals surface area contributed by atoms with Gasteiger partial charge in [0, 0.05) is 17.6 Å². The number of aromatic nitrogens is 1. The second-order valence-electron chi connectivity index (χ2n) is 3.25. The molecule has 2 aromatic heterocycles. The van der Waals surface area contributed by atoms with Crippen LogP contribution in [0.2, 0.25) is 0 Å². The molecule has 0 aliphatic rings. The molecule has 0 atom stereocenters. The standard InChI is InChI=1S/C10H11NOS/c1-6-4-9-10(13-6)8(5-12)7(2)11(9)3/h4-5H,1-3H3. The van der Waals surface area contributed by atoms with Crippen LogP contribution in [0.3, 0.4) is 0 Å². The van der Waals surface area contributed by atoms with Gasteiger partial charge in [-0.3, -0.25) is 4.79 Å². The topological polar surface area (TPSA) is 22.0 Å². The lowest BCUT2D eigenvalue weighted by molar-refractivity contribution is 0.112. The van der Waals surface area contributed by atoms with Gasteiger partial charge in [-0.15, -0.1) is 11.3 Å². The third-order valence-electron chi connectivity index (χ3n) is 2.45. The first-order chi connectivity index (χ1) is 6.15. The van der Waals surface area contributed by atoms with Gasteiger partial charge in [0.1, 0.15) is 0 Å². The van der Waals surface area contributed by atoms with Crippen LogP contribution < -0.4 is 0 Å². The molecule has 0 spiro atoms. The molecule has 0 fully saturated rings. The first-order valence-electron chi connectivity index (χ1n) is 4.15. The van der Waals surface area contributed by atoms with E-state index in [1.54, 1.807) is 11.3 Å². The molecule has 3 heteroatoms. The Labute approximate surface area is 80.8 Å². The van der Waals surface area contributed by atoms with Crippen LogP contribution in [-0.2, 0) is 7.05 Å². The molecule has 2 heterocycles. The monoisotopic (exact) mass is 193 g/mol. The highest BCUT2D eigenvalue weighted by Crippen LogP contribution is 2.31. The van der Waals surface area contributed by atoms with Crippen molar-refractivity contribution < 1.29 is 4.79 Å². The van der Waals surface area contributed by atoms with Gasteiger partial charge in [0.2, 0.25) is 0 Å². The molecule has 13 heavy (non-hydrogen) atoms. The Hall–Kier alpha value is -1.09. The minimum atomic E-state index is 0.843. The molecule has 2 rings (SSSR count). The third kappa shape index (κ3) is 1.04. The summed E-state index contributed by atoms with van der Waals surface area (Å²) in [4.78, 5) is 12.1. The zero-order chi connectivity index (χ0) is 9.59. The lowest BCUT2D eigenvalue weighted by Gasteiger charge is -1.96. The molecule has 0 saturated heterocycles. The maximum Gasteiger partial charge on any atom is 0.153 e. The Bertz CT molecular complexity index is 479. The minimum Gasteiger partial charge on any atom is -0.346 e. The number of fused-ring (bicyclic) bond motifs is 1. The van der Waals surface area contributed by atoms with E-state index in [2.05, 4.69) is 17.6 Å². The van der Waals surface area contributed by atoms with Gasteiger partial charge < -0.3 is 4.57 Å². The van der Waals surface area contributed by atoms with E-state index in [9.17, 15) is 4.79 Å². The zero-order valence-electron chi connectivity index (χ0n) is 7.92. The number of hydrogen-bond acceptors (Lipinski definition) is 2. The first kappa shape index (κ1) is 8.51. The van der Waals surface area contributed by atoms with Gasteiger partial charge in [-0.05, 0) is 19.9 Å². The molecule has 0 aliphatic carbocycles.